The molecule has 1 amide bonds. The maximum atomic E-state index is 12.4. The van der Waals surface area contributed by atoms with Gasteiger partial charge in [-0.3, -0.25) is 9.36 Å². The van der Waals surface area contributed by atoms with Crippen LogP contribution in [0.15, 0.2) is 52.2 Å². The van der Waals surface area contributed by atoms with Crippen LogP contribution in [0.1, 0.15) is 12.5 Å². The van der Waals surface area contributed by atoms with Gasteiger partial charge in [0.1, 0.15) is 0 Å². The van der Waals surface area contributed by atoms with E-state index >= 15 is 0 Å². The van der Waals surface area contributed by atoms with Gasteiger partial charge < -0.3 is 14.5 Å². The van der Waals surface area contributed by atoms with E-state index in [1.165, 1.54) is 11.8 Å². The minimum Gasteiger partial charge on any atom is -0.461 e. The summed E-state index contributed by atoms with van der Waals surface area (Å²) in [6, 6.07) is 11.4. The van der Waals surface area contributed by atoms with E-state index in [9.17, 15) is 4.79 Å². The van der Waals surface area contributed by atoms with Gasteiger partial charge in [0.05, 0.1) is 25.2 Å². The molecule has 0 aliphatic rings. The number of ether oxygens (including phenoxy) is 1. The van der Waals surface area contributed by atoms with Gasteiger partial charge in [0.25, 0.3) is 0 Å². The molecule has 2 heterocycles. The summed E-state index contributed by atoms with van der Waals surface area (Å²) < 4.78 is 12.5. The van der Waals surface area contributed by atoms with Crippen molar-refractivity contribution >= 4 is 23.4 Å². The molecule has 1 aromatic carbocycles. The summed E-state index contributed by atoms with van der Waals surface area (Å²) in [6.45, 7) is 3.14. The minimum absolute atomic E-state index is 0.0817. The molecule has 0 spiro atoms. The van der Waals surface area contributed by atoms with Crippen molar-refractivity contribution in [3.63, 3.8) is 0 Å². The first-order chi connectivity index (χ1) is 13.2. The van der Waals surface area contributed by atoms with Crippen LogP contribution in [0.4, 0.5) is 5.69 Å². The highest BCUT2D eigenvalue weighted by atomic mass is 32.2. The van der Waals surface area contributed by atoms with Crippen LogP contribution in [0.5, 0.6) is 0 Å². The Balaban J connectivity index is 1.69. The number of benzene rings is 1. The third-order valence-electron chi connectivity index (χ3n) is 3.98. The molecular weight excluding hydrogens is 364 g/mol. The van der Waals surface area contributed by atoms with Crippen molar-refractivity contribution < 1.29 is 13.9 Å². The predicted octanol–water partition coefficient (Wildman–Crippen LogP) is 3.48. The Kier molecular flexibility index (Phi) is 6.67. The second-order valence-electron chi connectivity index (χ2n) is 5.78. The summed E-state index contributed by atoms with van der Waals surface area (Å²) >= 11 is 1.34. The van der Waals surface area contributed by atoms with Crippen molar-refractivity contribution in [2.45, 2.75) is 25.0 Å². The Hall–Kier alpha value is -2.58. The summed E-state index contributed by atoms with van der Waals surface area (Å²) in [4.78, 5) is 12.4. The van der Waals surface area contributed by atoms with E-state index in [0.29, 0.717) is 29.9 Å². The molecule has 0 unspecified atom stereocenters. The van der Waals surface area contributed by atoms with Gasteiger partial charge in [-0.05, 0) is 30.2 Å². The molecular formula is C19H22N4O3S. The Labute approximate surface area is 162 Å². The van der Waals surface area contributed by atoms with Gasteiger partial charge in [-0.25, -0.2) is 0 Å². The molecule has 0 bridgehead atoms. The molecule has 1 N–H and O–H groups in total. The number of rotatable bonds is 9. The summed E-state index contributed by atoms with van der Waals surface area (Å²) in [6.07, 6.45) is 2.46. The summed E-state index contributed by atoms with van der Waals surface area (Å²) in [5, 5.41) is 12.0. The van der Waals surface area contributed by atoms with E-state index < -0.39 is 0 Å². The molecule has 2 aromatic heterocycles. The number of methoxy groups -OCH3 is 1. The molecule has 0 saturated heterocycles. The Morgan fingerprint density at radius 2 is 2.11 bits per heavy atom. The molecule has 8 heteroatoms. The Morgan fingerprint density at radius 3 is 2.85 bits per heavy atom. The largest absolute Gasteiger partial charge is 0.461 e. The summed E-state index contributed by atoms with van der Waals surface area (Å²) in [5.74, 6) is 1.41. The zero-order valence-electron chi connectivity index (χ0n) is 15.3. The number of carbonyl (C=O) groups is 1. The smallest absolute Gasteiger partial charge is 0.234 e. The van der Waals surface area contributed by atoms with Gasteiger partial charge >= 0.3 is 0 Å². The highest BCUT2D eigenvalue weighted by Gasteiger charge is 2.17. The number of furan rings is 1. The number of hydrogen-bond acceptors (Lipinski definition) is 6. The number of amides is 1. The molecule has 0 atom stereocenters. The monoisotopic (exact) mass is 386 g/mol. The predicted molar refractivity (Wildman–Crippen MR) is 105 cm³/mol. The topological polar surface area (TPSA) is 82.2 Å². The zero-order chi connectivity index (χ0) is 19.1. The Morgan fingerprint density at radius 1 is 1.26 bits per heavy atom. The van der Waals surface area contributed by atoms with Gasteiger partial charge in [-0.2, -0.15) is 0 Å². The van der Waals surface area contributed by atoms with Crippen molar-refractivity contribution in [1.29, 1.82) is 0 Å². The lowest BCUT2D eigenvalue weighted by molar-refractivity contribution is -0.113. The van der Waals surface area contributed by atoms with E-state index in [0.717, 1.165) is 17.7 Å². The number of nitrogens with zero attached hydrogens (tertiary/aromatic N) is 3. The van der Waals surface area contributed by atoms with E-state index in [1.807, 2.05) is 34.9 Å². The van der Waals surface area contributed by atoms with Gasteiger partial charge in [0, 0.05) is 12.8 Å². The molecule has 0 aliphatic carbocycles. The van der Waals surface area contributed by atoms with Crippen LogP contribution in [0, 0.1) is 0 Å². The standard InChI is InChI=1S/C19H22N4O3S/c1-3-14-7-4-5-8-15(14)20-17(24)13-27-19-22-21-18(16-9-6-11-26-16)23(19)10-12-25-2/h4-9,11H,3,10,12-13H2,1-2H3,(H,20,24). The van der Waals surface area contributed by atoms with Crippen LogP contribution in [0.2, 0.25) is 0 Å². The van der Waals surface area contributed by atoms with Crippen LogP contribution in [-0.4, -0.2) is 40.1 Å². The lowest BCUT2D eigenvalue weighted by Gasteiger charge is -2.10. The average molecular weight is 386 g/mol. The molecule has 142 valence electrons. The van der Waals surface area contributed by atoms with Crippen molar-refractivity contribution in [1.82, 2.24) is 14.8 Å². The van der Waals surface area contributed by atoms with Gasteiger partial charge in [-0.15, -0.1) is 10.2 Å². The van der Waals surface area contributed by atoms with Gasteiger partial charge in [0.15, 0.2) is 10.9 Å². The lowest BCUT2D eigenvalue weighted by atomic mass is 10.1. The fourth-order valence-corrected chi connectivity index (χ4v) is 3.40. The molecule has 0 radical (unpaired) electrons. The fraction of sp³-hybridized carbons (Fsp3) is 0.316. The highest BCUT2D eigenvalue weighted by molar-refractivity contribution is 7.99. The highest BCUT2D eigenvalue weighted by Crippen LogP contribution is 2.24. The fourth-order valence-electron chi connectivity index (χ4n) is 2.63. The quantitative estimate of drug-likeness (QED) is 0.567. The molecule has 3 rings (SSSR count). The first kappa shape index (κ1) is 19.2. The number of hydrogen-bond donors (Lipinski definition) is 1. The number of carbonyl (C=O) groups excluding carboxylic acids is 1. The van der Waals surface area contributed by atoms with E-state index in [1.54, 1.807) is 19.4 Å². The van der Waals surface area contributed by atoms with Crippen LogP contribution in [0.3, 0.4) is 0 Å². The third-order valence-corrected chi connectivity index (χ3v) is 4.95. The third kappa shape index (κ3) is 4.78. The second kappa shape index (κ2) is 9.38. The number of para-hydroxylation sites is 1. The second-order valence-corrected chi connectivity index (χ2v) is 6.72. The Bertz CT molecular complexity index is 877. The maximum Gasteiger partial charge on any atom is 0.234 e. The number of aryl methyl sites for hydroxylation is 1. The minimum atomic E-state index is -0.0817. The average Bonchev–Trinajstić information content (AvgIpc) is 3.34. The van der Waals surface area contributed by atoms with Crippen LogP contribution in [0.25, 0.3) is 11.6 Å². The molecule has 7 nitrogen and oxygen atoms in total. The first-order valence-electron chi connectivity index (χ1n) is 8.69. The van der Waals surface area contributed by atoms with Crippen molar-refractivity contribution in [3.05, 3.63) is 48.2 Å². The molecule has 0 aliphatic heterocycles. The van der Waals surface area contributed by atoms with E-state index in [4.69, 9.17) is 9.15 Å². The van der Waals surface area contributed by atoms with E-state index in [2.05, 4.69) is 22.4 Å². The van der Waals surface area contributed by atoms with Crippen LogP contribution < -0.4 is 5.32 Å². The SMILES string of the molecule is CCc1ccccc1NC(=O)CSc1nnc(-c2ccco2)n1CCOC. The van der Waals surface area contributed by atoms with Crippen LogP contribution >= 0.6 is 11.8 Å². The molecule has 0 fully saturated rings. The van der Waals surface area contributed by atoms with Gasteiger partial charge in [0.2, 0.25) is 11.7 Å². The maximum absolute atomic E-state index is 12.4. The van der Waals surface area contributed by atoms with Crippen molar-refractivity contribution in [2.24, 2.45) is 0 Å². The molecule has 27 heavy (non-hydrogen) atoms. The first-order valence-corrected chi connectivity index (χ1v) is 9.68. The van der Waals surface area contributed by atoms with Crippen molar-refractivity contribution in [2.75, 3.05) is 24.8 Å². The van der Waals surface area contributed by atoms with Crippen LogP contribution in [-0.2, 0) is 22.5 Å². The number of nitrogens with one attached hydrogen (secondary N) is 1. The molecule has 0 saturated carbocycles. The zero-order valence-corrected chi connectivity index (χ0v) is 16.2. The lowest BCUT2D eigenvalue weighted by Crippen LogP contribution is -2.16. The number of thioether (sulfide) groups is 1. The van der Waals surface area contributed by atoms with Crippen molar-refractivity contribution in [3.8, 4) is 11.6 Å². The number of aromatic nitrogens is 3. The van der Waals surface area contributed by atoms with E-state index in [-0.39, 0.29) is 11.7 Å². The summed E-state index contributed by atoms with van der Waals surface area (Å²) in [7, 11) is 1.64. The number of anilines is 1. The summed E-state index contributed by atoms with van der Waals surface area (Å²) in [5.41, 5.74) is 1.96. The van der Waals surface area contributed by atoms with Gasteiger partial charge in [-0.1, -0.05) is 36.9 Å². The molecule has 3 aromatic rings. The normalized spacial score (nSPS) is 10.9.